The van der Waals surface area contributed by atoms with E-state index >= 15 is 0 Å². The lowest BCUT2D eigenvalue weighted by molar-refractivity contribution is 0.101. The first-order chi connectivity index (χ1) is 6.66. The minimum absolute atomic E-state index is 0.0218. The molecule has 72 valence electrons. The Labute approximate surface area is 89.8 Å². The van der Waals surface area contributed by atoms with E-state index in [4.69, 9.17) is 11.6 Å². The maximum absolute atomic E-state index is 11.0. The zero-order valence-corrected chi connectivity index (χ0v) is 8.95. The van der Waals surface area contributed by atoms with Crippen LogP contribution in [0.4, 0.5) is 0 Å². The molecule has 3 nitrogen and oxygen atoms in total. The third kappa shape index (κ3) is 1.71. The van der Waals surface area contributed by atoms with Crippen LogP contribution < -0.4 is 0 Å². The molecule has 0 unspecified atom stereocenters. The fourth-order valence-electron chi connectivity index (χ4n) is 1.06. The summed E-state index contributed by atoms with van der Waals surface area (Å²) in [7, 11) is 0. The Morgan fingerprint density at radius 1 is 1.64 bits per heavy atom. The van der Waals surface area contributed by atoms with Gasteiger partial charge in [0, 0.05) is 12.3 Å². The highest BCUT2D eigenvalue weighted by Crippen LogP contribution is 2.27. The van der Waals surface area contributed by atoms with E-state index in [2.05, 4.69) is 9.97 Å². The summed E-state index contributed by atoms with van der Waals surface area (Å²) in [6.45, 7) is 1.50. The predicted molar refractivity (Wildman–Crippen MR) is 56.9 cm³/mol. The molecule has 2 heterocycles. The maximum atomic E-state index is 11.0. The van der Waals surface area contributed by atoms with E-state index in [0.717, 1.165) is 4.88 Å². The van der Waals surface area contributed by atoms with Crippen molar-refractivity contribution in [1.82, 2.24) is 9.97 Å². The number of nitrogens with one attached hydrogen (secondary N) is 1. The van der Waals surface area contributed by atoms with Crippen molar-refractivity contribution in [1.29, 1.82) is 0 Å². The van der Waals surface area contributed by atoms with E-state index in [0.29, 0.717) is 16.5 Å². The molecule has 5 heteroatoms. The van der Waals surface area contributed by atoms with Crippen molar-refractivity contribution < 1.29 is 4.79 Å². The van der Waals surface area contributed by atoms with E-state index in [-0.39, 0.29) is 5.78 Å². The van der Waals surface area contributed by atoms with Gasteiger partial charge in [0.25, 0.3) is 0 Å². The monoisotopic (exact) mass is 226 g/mol. The van der Waals surface area contributed by atoms with E-state index in [1.807, 2.05) is 11.4 Å². The number of thiophene rings is 1. The number of carbonyl (C=O) groups is 1. The Hall–Kier alpha value is -1.13. The number of H-pyrrole nitrogens is 1. The molecule has 0 aliphatic heterocycles. The fraction of sp³-hybridized carbons (Fsp3) is 0.111. The molecule has 0 aliphatic rings. The van der Waals surface area contributed by atoms with E-state index in [9.17, 15) is 4.79 Å². The fourth-order valence-corrected chi connectivity index (χ4v) is 2.09. The average Bonchev–Trinajstić information content (AvgIpc) is 2.70. The van der Waals surface area contributed by atoms with Crippen molar-refractivity contribution in [3.05, 3.63) is 28.4 Å². The summed E-state index contributed by atoms with van der Waals surface area (Å²) >= 11 is 7.27. The van der Waals surface area contributed by atoms with Crippen molar-refractivity contribution in [3.8, 4) is 10.7 Å². The first-order valence-electron chi connectivity index (χ1n) is 3.97. The van der Waals surface area contributed by atoms with Gasteiger partial charge in [0.2, 0.25) is 0 Å². The van der Waals surface area contributed by atoms with Gasteiger partial charge >= 0.3 is 0 Å². The summed E-state index contributed by atoms with van der Waals surface area (Å²) in [4.78, 5) is 19.0. The number of hydrogen-bond donors (Lipinski definition) is 1. The summed E-state index contributed by atoms with van der Waals surface area (Å²) in [5, 5.41) is 2.51. The van der Waals surface area contributed by atoms with Crippen LogP contribution in [0.25, 0.3) is 10.7 Å². The van der Waals surface area contributed by atoms with Crippen molar-refractivity contribution >= 4 is 28.7 Å². The highest BCUT2D eigenvalue weighted by atomic mass is 35.5. The number of aromatic amines is 1. The van der Waals surface area contributed by atoms with Gasteiger partial charge in [-0.2, -0.15) is 0 Å². The Balaban J connectivity index is 2.38. The molecule has 0 aliphatic carbocycles. The van der Waals surface area contributed by atoms with Crippen molar-refractivity contribution in [2.24, 2.45) is 0 Å². The SMILES string of the molecule is CC(=O)c1cnc(-c2cc(Cl)cs2)[nH]1. The molecule has 0 amide bonds. The van der Waals surface area contributed by atoms with Crippen LogP contribution in [0, 0.1) is 0 Å². The Morgan fingerprint density at radius 3 is 2.93 bits per heavy atom. The van der Waals surface area contributed by atoms with Crippen LogP contribution in [-0.4, -0.2) is 15.8 Å². The molecule has 2 aromatic rings. The molecule has 0 atom stereocenters. The lowest BCUT2D eigenvalue weighted by Gasteiger charge is -1.88. The van der Waals surface area contributed by atoms with Crippen LogP contribution in [-0.2, 0) is 0 Å². The summed E-state index contributed by atoms with van der Waals surface area (Å²) in [5.74, 6) is 0.665. The third-order valence-electron chi connectivity index (χ3n) is 1.76. The van der Waals surface area contributed by atoms with Gasteiger partial charge in [-0.3, -0.25) is 4.79 Å². The second kappa shape index (κ2) is 3.55. The second-order valence-corrected chi connectivity index (χ2v) is 4.18. The molecule has 0 bridgehead atoms. The number of carbonyl (C=O) groups excluding carboxylic acids is 1. The Bertz CT molecular complexity index is 475. The van der Waals surface area contributed by atoms with Gasteiger partial charge in [-0.1, -0.05) is 11.6 Å². The Morgan fingerprint density at radius 2 is 2.43 bits per heavy atom. The lowest BCUT2D eigenvalue weighted by Crippen LogP contribution is -1.90. The Kier molecular flexibility index (Phi) is 2.39. The highest BCUT2D eigenvalue weighted by Gasteiger charge is 2.08. The molecular weight excluding hydrogens is 220 g/mol. The first-order valence-corrected chi connectivity index (χ1v) is 5.23. The minimum Gasteiger partial charge on any atom is -0.335 e. The standard InChI is InChI=1S/C9H7ClN2OS/c1-5(13)7-3-11-9(12-7)8-2-6(10)4-14-8/h2-4H,1H3,(H,11,12). The normalized spacial score (nSPS) is 10.4. The maximum Gasteiger partial charge on any atom is 0.177 e. The van der Waals surface area contributed by atoms with Crippen molar-refractivity contribution in [2.45, 2.75) is 6.92 Å². The average molecular weight is 227 g/mol. The van der Waals surface area contributed by atoms with Gasteiger partial charge in [-0.15, -0.1) is 11.3 Å². The predicted octanol–water partition coefficient (Wildman–Crippen LogP) is 2.99. The van der Waals surface area contributed by atoms with E-state index in [1.54, 1.807) is 0 Å². The molecule has 2 rings (SSSR count). The first kappa shape index (κ1) is 9.43. The number of aromatic nitrogens is 2. The highest BCUT2D eigenvalue weighted by molar-refractivity contribution is 7.14. The largest absolute Gasteiger partial charge is 0.335 e. The van der Waals surface area contributed by atoms with Crippen LogP contribution >= 0.6 is 22.9 Å². The van der Waals surface area contributed by atoms with Gasteiger partial charge < -0.3 is 4.98 Å². The second-order valence-electron chi connectivity index (χ2n) is 2.83. The van der Waals surface area contributed by atoms with E-state index in [1.165, 1.54) is 24.5 Å². The number of ketones is 1. The number of nitrogens with zero attached hydrogens (tertiary/aromatic N) is 1. The van der Waals surface area contributed by atoms with Gasteiger partial charge in [0.15, 0.2) is 5.78 Å². The molecule has 0 saturated carbocycles. The lowest BCUT2D eigenvalue weighted by atomic mass is 10.3. The quantitative estimate of drug-likeness (QED) is 0.801. The van der Waals surface area contributed by atoms with Gasteiger partial charge in [-0.05, 0) is 6.07 Å². The minimum atomic E-state index is -0.0218. The van der Waals surface area contributed by atoms with Crippen molar-refractivity contribution in [2.75, 3.05) is 0 Å². The van der Waals surface area contributed by atoms with Gasteiger partial charge in [0.05, 0.1) is 16.1 Å². The summed E-state index contributed by atoms with van der Waals surface area (Å²) in [6, 6.07) is 1.81. The van der Waals surface area contributed by atoms with Crippen LogP contribution in [0.15, 0.2) is 17.6 Å². The molecular formula is C9H7ClN2OS. The molecule has 1 N–H and O–H groups in total. The number of imidazole rings is 1. The molecule has 14 heavy (non-hydrogen) atoms. The molecule has 0 fully saturated rings. The topological polar surface area (TPSA) is 45.8 Å². The molecule has 0 radical (unpaired) electrons. The zero-order chi connectivity index (χ0) is 10.1. The number of halogens is 1. The van der Waals surface area contributed by atoms with Gasteiger partial charge in [0.1, 0.15) is 11.5 Å². The van der Waals surface area contributed by atoms with Crippen LogP contribution in [0.5, 0.6) is 0 Å². The van der Waals surface area contributed by atoms with Crippen LogP contribution in [0.1, 0.15) is 17.4 Å². The zero-order valence-electron chi connectivity index (χ0n) is 7.37. The van der Waals surface area contributed by atoms with Crippen LogP contribution in [0.2, 0.25) is 5.02 Å². The smallest absolute Gasteiger partial charge is 0.177 e. The third-order valence-corrected chi connectivity index (χ3v) is 3.04. The summed E-state index contributed by atoms with van der Waals surface area (Å²) < 4.78 is 0. The number of Topliss-reactive ketones (excluding diaryl/α,β-unsaturated/α-hetero) is 1. The number of rotatable bonds is 2. The van der Waals surface area contributed by atoms with Crippen LogP contribution in [0.3, 0.4) is 0 Å². The molecule has 0 saturated heterocycles. The number of hydrogen-bond acceptors (Lipinski definition) is 3. The molecule has 0 spiro atoms. The van der Waals surface area contributed by atoms with Crippen molar-refractivity contribution in [3.63, 3.8) is 0 Å². The molecule has 2 aromatic heterocycles. The summed E-state index contributed by atoms with van der Waals surface area (Å²) in [5.41, 5.74) is 0.518. The van der Waals surface area contributed by atoms with Gasteiger partial charge in [-0.25, -0.2) is 4.98 Å². The summed E-state index contributed by atoms with van der Waals surface area (Å²) in [6.07, 6.45) is 1.53. The molecule has 0 aromatic carbocycles. The van der Waals surface area contributed by atoms with E-state index < -0.39 is 0 Å².